The second-order valence-electron chi connectivity index (χ2n) is 3.99. The average molecular weight is 251 g/mol. The van der Waals surface area contributed by atoms with Gasteiger partial charge in [-0.1, -0.05) is 23.7 Å². The molecule has 17 heavy (non-hydrogen) atoms. The molecule has 0 aliphatic carbocycles. The standard InChI is InChI=1S/C12H15ClN4/c1-9(10-4-3-5-11(13)6-10)14-7-12-15-8-17(2)16-12/h3-6,8-9,14H,7H2,1-2H3. The molecule has 90 valence electrons. The third-order valence-corrected chi connectivity index (χ3v) is 2.80. The molecule has 5 heteroatoms. The van der Waals surface area contributed by atoms with Crippen LogP contribution in [0.15, 0.2) is 30.6 Å². The summed E-state index contributed by atoms with van der Waals surface area (Å²) in [4.78, 5) is 4.16. The second kappa shape index (κ2) is 5.29. The summed E-state index contributed by atoms with van der Waals surface area (Å²) in [6, 6.07) is 8.06. The highest BCUT2D eigenvalue weighted by molar-refractivity contribution is 6.30. The lowest BCUT2D eigenvalue weighted by Crippen LogP contribution is -2.19. The lowest BCUT2D eigenvalue weighted by Gasteiger charge is -2.13. The van der Waals surface area contributed by atoms with Crippen molar-refractivity contribution in [1.29, 1.82) is 0 Å². The van der Waals surface area contributed by atoms with Crippen LogP contribution in [-0.4, -0.2) is 14.8 Å². The molecule has 0 saturated carbocycles. The number of benzene rings is 1. The molecule has 0 aliphatic rings. The lowest BCUT2D eigenvalue weighted by atomic mass is 10.1. The highest BCUT2D eigenvalue weighted by Crippen LogP contribution is 2.17. The number of rotatable bonds is 4. The van der Waals surface area contributed by atoms with Crippen LogP contribution in [0.2, 0.25) is 5.02 Å². The van der Waals surface area contributed by atoms with Crippen molar-refractivity contribution < 1.29 is 0 Å². The van der Waals surface area contributed by atoms with E-state index in [0.29, 0.717) is 6.54 Å². The fourth-order valence-electron chi connectivity index (χ4n) is 1.60. The molecule has 1 atom stereocenters. The van der Waals surface area contributed by atoms with Gasteiger partial charge in [-0.2, -0.15) is 5.10 Å². The number of halogens is 1. The summed E-state index contributed by atoms with van der Waals surface area (Å²) in [6.07, 6.45) is 1.70. The maximum atomic E-state index is 5.95. The summed E-state index contributed by atoms with van der Waals surface area (Å²) in [6.45, 7) is 2.74. The van der Waals surface area contributed by atoms with Crippen molar-refractivity contribution in [3.63, 3.8) is 0 Å². The van der Waals surface area contributed by atoms with Crippen molar-refractivity contribution >= 4 is 11.6 Å². The Morgan fingerprint density at radius 2 is 2.29 bits per heavy atom. The van der Waals surface area contributed by atoms with Crippen molar-refractivity contribution in [2.45, 2.75) is 19.5 Å². The SMILES string of the molecule is CC(NCc1ncn(C)n1)c1cccc(Cl)c1. The van der Waals surface area contributed by atoms with Crippen LogP contribution in [0.5, 0.6) is 0 Å². The molecular weight excluding hydrogens is 236 g/mol. The quantitative estimate of drug-likeness (QED) is 0.906. The second-order valence-corrected chi connectivity index (χ2v) is 4.43. The minimum atomic E-state index is 0.220. The van der Waals surface area contributed by atoms with Crippen LogP contribution < -0.4 is 5.32 Å². The van der Waals surface area contributed by atoms with Crippen LogP contribution in [0.4, 0.5) is 0 Å². The van der Waals surface area contributed by atoms with Gasteiger partial charge in [0.1, 0.15) is 6.33 Å². The predicted molar refractivity (Wildman–Crippen MR) is 67.7 cm³/mol. The molecule has 0 bridgehead atoms. The van der Waals surface area contributed by atoms with Gasteiger partial charge in [0, 0.05) is 18.1 Å². The molecule has 1 N–H and O–H groups in total. The van der Waals surface area contributed by atoms with Gasteiger partial charge >= 0.3 is 0 Å². The molecule has 0 spiro atoms. The van der Waals surface area contributed by atoms with E-state index in [0.717, 1.165) is 16.4 Å². The van der Waals surface area contributed by atoms with Gasteiger partial charge in [-0.05, 0) is 24.6 Å². The number of nitrogens with zero attached hydrogens (tertiary/aromatic N) is 3. The first-order valence-electron chi connectivity index (χ1n) is 5.48. The average Bonchev–Trinajstić information content (AvgIpc) is 2.72. The summed E-state index contributed by atoms with van der Waals surface area (Å²) in [7, 11) is 1.86. The molecule has 0 fully saturated rings. The van der Waals surface area contributed by atoms with Gasteiger partial charge in [-0.3, -0.25) is 4.68 Å². The molecule has 2 aromatic rings. The molecule has 0 saturated heterocycles. The molecule has 0 radical (unpaired) electrons. The van der Waals surface area contributed by atoms with Gasteiger partial charge < -0.3 is 5.32 Å². The van der Waals surface area contributed by atoms with E-state index in [4.69, 9.17) is 11.6 Å². The zero-order valence-electron chi connectivity index (χ0n) is 9.89. The Kier molecular flexibility index (Phi) is 3.76. The number of aromatic nitrogens is 3. The third-order valence-electron chi connectivity index (χ3n) is 2.56. The smallest absolute Gasteiger partial charge is 0.164 e. The monoisotopic (exact) mass is 250 g/mol. The van der Waals surface area contributed by atoms with Crippen LogP contribution in [0.25, 0.3) is 0 Å². The molecule has 1 heterocycles. The van der Waals surface area contributed by atoms with E-state index in [9.17, 15) is 0 Å². The van der Waals surface area contributed by atoms with E-state index >= 15 is 0 Å². The van der Waals surface area contributed by atoms with Crippen molar-refractivity contribution in [1.82, 2.24) is 20.1 Å². The maximum Gasteiger partial charge on any atom is 0.164 e. The molecule has 1 aromatic carbocycles. The van der Waals surface area contributed by atoms with Crippen LogP contribution >= 0.6 is 11.6 Å². The van der Waals surface area contributed by atoms with Crippen LogP contribution in [-0.2, 0) is 13.6 Å². The van der Waals surface area contributed by atoms with Gasteiger partial charge in [0.15, 0.2) is 5.82 Å². The van der Waals surface area contributed by atoms with Crippen LogP contribution in [0.1, 0.15) is 24.4 Å². The fraction of sp³-hybridized carbons (Fsp3) is 0.333. The number of hydrogen-bond acceptors (Lipinski definition) is 3. The van der Waals surface area contributed by atoms with E-state index in [1.807, 2.05) is 25.2 Å². The predicted octanol–water partition coefficient (Wildman–Crippen LogP) is 2.32. The Hall–Kier alpha value is -1.39. The lowest BCUT2D eigenvalue weighted by molar-refractivity contribution is 0.556. The molecular formula is C12H15ClN4. The summed E-state index contributed by atoms with van der Waals surface area (Å²) in [5.41, 5.74) is 1.16. The van der Waals surface area contributed by atoms with E-state index in [-0.39, 0.29) is 6.04 Å². The molecule has 1 aromatic heterocycles. The van der Waals surface area contributed by atoms with Crippen LogP contribution in [0, 0.1) is 0 Å². The minimum Gasteiger partial charge on any atom is -0.303 e. The first-order chi connectivity index (χ1) is 8.15. The molecule has 0 aliphatic heterocycles. The summed E-state index contributed by atoms with van der Waals surface area (Å²) in [5.74, 6) is 0.793. The minimum absolute atomic E-state index is 0.220. The Morgan fingerprint density at radius 3 is 2.94 bits per heavy atom. The van der Waals surface area contributed by atoms with Crippen molar-refractivity contribution in [2.24, 2.45) is 7.05 Å². The molecule has 2 rings (SSSR count). The molecule has 1 unspecified atom stereocenters. The number of nitrogens with one attached hydrogen (secondary N) is 1. The first kappa shape index (κ1) is 12.1. The summed E-state index contributed by atoms with van der Waals surface area (Å²) >= 11 is 5.95. The van der Waals surface area contributed by atoms with E-state index in [2.05, 4.69) is 28.4 Å². The Morgan fingerprint density at radius 1 is 1.47 bits per heavy atom. The fourth-order valence-corrected chi connectivity index (χ4v) is 1.80. The van der Waals surface area contributed by atoms with Gasteiger partial charge in [0.2, 0.25) is 0 Å². The van der Waals surface area contributed by atoms with E-state index in [1.165, 1.54) is 0 Å². The highest BCUT2D eigenvalue weighted by atomic mass is 35.5. The summed E-state index contributed by atoms with van der Waals surface area (Å²) in [5, 5.41) is 8.33. The zero-order chi connectivity index (χ0) is 12.3. The van der Waals surface area contributed by atoms with Crippen LogP contribution in [0.3, 0.4) is 0 Å². The first-order valence-corrected chi connectivity index (χ1v) is 5.86. The largest absolute Gasteiger partial charge is 0.303 e. The van der Waals surface area contributed by atoms with Crippen molar-refractivity contribution in [3.8, 4) is 0 Å². The highest BCUT2D eigenvalue weighted by Gasteiger charge is 2.06. The van der Waals surface area contributed by atoms with Gasteiger partial charge in [-0.25, -0.2) is 4.98 Å². The zero-order valence-corrected chi connectivity index (χ0v) is 10.6. The van der Waals surface area contributed by atoms with Crippen molar-refractivity contribution in [2.75, 3.05) is 0 Å². The maximum absolute atomic E-state index is 5.95. The Labute approximate surface area is 106 Å². The summed E-state index contributed by atoms with van der Waals surface area (Å²) < 4.78 is 1.70. The topological polar surface area (TPSA) is 42.7 Å². The van der Waals surface area contributed by atoms with Gasteiger partial charge in [0.25, 0.3) is 0 Å². The Bertz CT molecular complexity index is 495. The van der Waals surface area contributed by atoms with E-state index < -0.39 is 0 Å². The molecule has 0 amide bonds. The van der Waals surface area contributed by atoms with E-state index in [1.54, 1.807) is 11.0 Å². The number of hydrogen-bond donors (Lipinski definition) is 1. The normalized spacial score (nSPS) is 12.6. The third kappa shape index (κ3) is 3.28. The van der Waals surface area contributed by atoms with Gasteiger partial charge in [0.05, 0.1) is 6.54 Å². The number of aryl methyl sites for hydroxylation is 1. The molecule has 4 nitrogen and oxygen atoms in total. The van der Waals surface area contributed by atoms with Crippen molar-refractivity contribution in [3.05, 3.63) is 47.0 Å². The van der Waals surface area contributed by atoms with Gasteiger partial charge in [-0.15, -0.1) is 0 Å². The Balaban J connectivity index is 1.95.